The van der Waals surface area contributed by atoms with Crippen molar-refractivity contribution in [2.24, 2.45) is 5.92 Å². The van der Waals surface area contributed by atoms with Crippen LogP contribution >= 0.6 is 0 Å². The minimum absolute atomic E-state index is 0.0331. The van der Waals surface area contributed by atoms with Gasteiger partial charge in [-0.15, -0.1) is 0 Å². The first-order valence-electron chi connectivity index (χ1n) is 7.22. The quantitative estimate of drug-likeness (QED) is 0.855. The lowest BCUT2D eigenvalue weighted by molar-refractivity contribution is -0.130. The number of hydrogen-bond acceptors (Lipinski definition) is 3. The summed E-state index contributed by atoms with van der Waals surface area (Å²) in [6.07, 6.45) is 1.20. The minimum Gasteiger partial charge on any atom is -0.273 e. The molecule has 2 rings (SSSR count). The Hall–Kier alpha value is -1.50. The number of hydrogen-bond donors (Lipinski definition) is 0. The highest BCUT2D eigenvalue weighted by Gasteiger charge is 2.37. The Balaban J connectivity index is 2.15. The number of halogens is 2. The summed E-state index contributed by atoms with van der Waals surface area (Å²) in [5.41, 5.74) is 0.199. The molecule has 1 aromatic rings. The molecule has 4 nitrogen and oxygen atoms in total. The molecule has 0 radical (unpaired) electrons. The summed E-state index contributed by atoms with van der Waals surface area (Å²) in [6, 6.07) is 3.16. The van der Waals surface area contributed by atoms with Crippen LogP contribution in [0, 0.1) is 17.6 Å². The van der Waals surface area contributed by atoms with E-state index in [9.17, 15) is 22.0 Å². The fraction of sp³-hybridized carbons (Fsp3) is 0.533. The van der Waals surface area contributed by atoms with Gasteiger partial charge < -0.3 is 0 Å². The van der Waals surface area contributed by atoms with E-state index in [1.807, 2.05) is 0 Å². The van der Waals surface area contributed by atoms with Crippen LogP contribution in [0.2, 0.25) is 0 Å². The van der Waals surface area contributed by atoms with Crippen molar-refractivity contribution >= 4 is 15.9 Å². The molecule has 1 heterocycles. The highest BCUT2D eigenvalue weighted by molar-refractivity contribution is 7.90. The van der Waals surface area contributed by atoms with Crippen molar-refractivity contribution in [1.29, 1.82) is 0 Å². The summed E-state index contributed by atoms with van der Waals surface area (Å²) >= 11 is 0. The Morgan fingerprint density at radius 1 is 1.41 bits per heavy atom. The van der Waals surface area contributed by atoms with Crippen LogP contribution in [-0.4, -0.2) is 30.4 Å². The lowest BCUT2D eigenvalue weighted by Gasteiger charge is -2.32. The summed E-state index contributed by atoms with van der Waals surface area (Å²) in [5.74, 6) is -2.64. The first-order valence-corrected chi connectivity index (χ1v) is 8.73. The summed E-state index contributed by atoms with van der Waals surface area (Å²) < 4.78 is 51.9. The third-order valence-corrected chi connectivity index (χ3v) is 6.23. The predicted molar refractivity (Wildman–Crippen MR) is 78.6 cm³/mol. The minimum atomic E-state index is -3.63. The van der Waals surface area contributed by atoms with Gasteiger partial charge in [-0.1, -0.05) is 13.0 Å². The fourth-order valence-electron chi connectivity index (χ4n) is 2.60. The van der Waals surface area contributed by atoms with Crippen molar-refractivity contribution < 1.29 is 22.0 Å². The Kier molecular flexibility index (Phi) is 4.84. The Bertz CT molecular complexity index is 675. The molecule has 7 heteroatoms. The zero-order valence-electron chi connectivity index (χ0n) is 12.6. The molecule has 1 amide bonds. The molecule has 0 bridgehead atoms. The van der Waals surface area contributed by atoms with E-state index in [0.29, 0.717) is 12.8 Å². The topological polar surface area (TPSA) is 54.5 Å². The maximum Gasteiger partial charge on any atom is 0.239 e. The number of nitrogens with zero attached hydrogens (tertiary/aromatic N) is 1. The van der Waals surface area contributed by atoms with Gasteiger partial charge in [-0.3, -0.25) is 4.79 Å². The number of carbonyl (C=O) groups excluding carboxylic acids is 1. The van der Waals surface area contributed by atoms with E-state index in [-0.39, 0.29) is 18.5 Å². The van der Waals surface area contributed by atoms with Crippen LogP contribution < -0.4 is 0 Å². The predicted octanol–water partition coefficient (Wildman–Crippen LogP) is 2.48. The number of sulfonamides is 1. The molecular formula is C15H19F2NO3S. The lowest BCUT2D eigenvalue weighted by atomic mass is 9.99. The molecule has 0 N–H and O–H groups in total. The average molecular weight is 331 g/mol. The molecule has 0 aliphatic carbocycles. The van der Waals surface area contributed by atoms with E-state index in [0.717, 1.165) is 16.4 Å². The highest BCUT2D eigenvalue weighted by Crippen LogP contribution is 2.24. The van der Waals surface area contributed by atoms with Crippen LogP contribution in [0.1, 0.15) is 32.3 Å². The second kappa shape index (κ2) is 6.32. The molecule has 1 aromatic carbocycles. The van der Waals surface area contributed by atoms with E-state index in [1.54, 1.807) is 13.8 Å². The van der Waals surface area contributed by atoms with Crippen molar-refractivity contribution in [2.45, 2.75) is 38.4 Å². The molecule has 122 valence electrons. The molecule has 22 heavy (non-hydrogen) atoms. The van der Waals surface area contributed by atoms with Gasteiger partial charge in [0.2, 0.25) is 15.9 Å². The summed E-state index contributed by atoms with van der Waals surface area (Å²) in [4.78, 5) is 12.4. The molecule has 1 aliphatic rings. The van der Waals surface area contributed by atoms with E-state index in [4.69, 9.17) is 0 Å². The molecule has 0 aromatic heterocycles. The van der Waals surface area contributed by atoms with E-state index in [2.05, 4.69) is 0 Å². The first-order chi connectivity index (χ1) is 10.2. The van der Waals surface area contributed by atoms with Crippen molar-refractivity contribution in [1.82, 2.24) is 4.31 Å². The van der Waals surface area contributed by atoms with Crippen molar-refractivity contribution in [3.8, 4) is 0 Å². The molecule has 0 spiro atoms. The van der Waals surface area contributed by atoms with E-state index in [1.165, 1.54) is 6.07 Å². The molecule has 1 saturated heterocycles. The van der Waals surface area contributed by atoms with E-state index < -0.39 is 38.7 Å². The van der Waals surface area contributed by atoms with Gasteiger partial charge in [0.05, 0.1) is 5.25 Å². The Morgan fingerprint density at radius 3 is 2.73 bits per heavy atom. The molecule has 0 saturated carbocycles. The van der Waals surface area contributed by atoms with Crippen LogP contribution in [-0.2, 0) is 21.2 Å². The molecular weight excluding hydrogens is 312 g/mol. The van der Waals surface area contributed by atoms with Crippen LogP contribution in [0.25, 0.3) is 0 Å². The standard InChI is InChI=1S/C15H19F2NO3S/c1-10(8-12-5-6-13(16)9-14(12)17)15(19)18-7-3-4-11(2)22(18,20)21/h5-6,9-11H,3-4,7-8H2,1-2H3. The Labute approximate surface area is 129 Å². The third-order valence-electron chi connectivity index (χ3n) is 4.00. The molecule has 1 fully saturated rings. The van der Waals surface area contributed by atoms with Gasteiger partial charge in [0.25, 0.3) is 0 Å². The second-order valence-corrected chi connectivity index (χ2v) is 8.02. The first kappa shape index (κ1) is 16.9. The van der Waals surface area contributed by atoms with Gasteiger partial charge in [0, 0.05) is 18.5 Å². The van der Waals surface area contributed by atoms with Gasteiger partial charge in [-0.05, 0) is 37.8 Å². The van der Waals surface area contributed by atoms with Gasteiger partial charge in [0.1, 0.15) is 11.6 Å². The van der Waals surface area contributed by atoms with Crippen LogP contribution in [0.5, 0.6) is 0 Å². The second-order valence-electron chi connectivity index (χ2n) is 5.75. The van der Waals surface area contributed by atoms with Crippen molar-refractivity contribution in [2.75, 3.05) is 6.54 Å². The Morgan fingerprint density at radius 2 is 2.09 bits per heavy atom. The summed E-state index contributed by atoms with van der Waals surface area (Å²) in [6.45, 7) is 3.31. The fourth-order valence-corrected chi connectivity index (χ4v) is 4.31. The monoisotopic (exact) mass is 331 g/mol. The van der Waals surface area contributed by atoms with Gasteiger partial charge in [0.15, 0.2) is 0 Å². The van der Waals surface area contributed by atoms with Gasteiger partial charge in [-0.2, -0.15) is 0 Å². The molecule has 2 atom stereocenters. The largest absolute Gasteiger partial charge is 0.273 e. The zero-order valence-corrected chi connectivity index (χ0v) is 13.4. The summed E-state index contributed by atoms with van der Waals surface area (Å²) in [5, 5.41) is -0.583. The average Bonchev–Trinajstić information content (AvgIpc) is 2.44. The van der Waals surface area contributed by atoms with Gasteiger partial charge >= 0.3 is 0 Å². The number of amides is 1. The number of rotatable bonds is 3. The van der Waals surface area contributed by atoms with Crippen molar-refractivity contribution in [3.05, 3.63) is 35.4 Å². The maximum atomic E-state index is 13.6. The van der Waals surface area contributed by atoms with Crippen LogP contribution in [0.3, 0.4) is 0 Å². The van der Waals surface area contributed by atoms with Crippen LogP contribution in [0.4, 0.5) is 8.78 Å². The van der Waals surface area contributed by atoms with Gasteiger partial charge in [-0.25, -0.2) is 21.5 Å². The number of benzene rings is 1. The lowest BCUT2D eigenvalue weighted by Crippen LogP contribution is -2.48. The van der Waals surface area contributed by atoms with Crippen LogP contribution in [0.15, 0.2) is 18.2 Å². The smallest absolute Gasteiger partial charge is 0.239 e. The highest BCUT2D eigenvalue weighted by atomic mass is 32.2. The number of carbonyl (C=O) groups is 1. The SMILES string of the molecule is CC(Cc1ccc(F)cc1F)C(=O)N1CCCC(C)S1(=O)=O. The molecule has 1 aliphatic heterocycles. The van der Waals surface area contributed by atoms with E-state index >= 15 is 0 Å². The zero-order chi connectivity index (χ0) is 16.5. The normalized spacial score (nSPS) is 22.4. The maximum absolute atomic E-state index is 13.6. The molecule has 2 unspecified atom stereocenters. The third kappa shape index (κ3) is 3.29. The summed E-state index contributed by atoms with van der Waals surface area (Å²) in [7, 11) is -3.63. The van der Waals surface area contributed by atoms with Crippen molar-refractivity contribution in [3.63, 3.8) is 0 Å².